The molecule has 0 aliphatic heterocycles. The van der Waals surface area contributed by atoms with Crippen molar-refractivity contribution in [2.24, 2.45) is 0 Å². The lowest BCUT2D eigenvalue weighted by molar-refractivity contribution is 0.568. The van der Waals surface area contributed by atoms with Crippen LogP contribution in [0, 0.1) is 13.8 Å². The molecule has 1 atom stereocenters. The first-order valence-electron chi connectivity index (χ1n) is 6.01. The van der Waals surface area contributed by atoms with Crippen LogP contribution in [0.2, 0.25) is 0 Å². The van der Waals surface area contributed by atoms with Crippen molar-refractivity contribution in [1.29, 1.82) is 0 Å². The van der Waals surface area contributed by atoms with Crippen molar-refractivity contribution >= 4 is 37.3 Å². The van der Waals surface area contributed by atoms with E-state index in [-0.39, 0.29) is 10.9 Å². The molecule has 0 aliphatic carbocycles. The lowest BCUT2D eigenvalue weighted by Gasteiger charge is -2.13. The molecule has 7 heteroatoms. The Morgan fingerprint density at radius 3 is 2.35 bits per heavy atom. The van der Waals surface area contributed by atoms with Gasteiger partial charge in [-0.15, -0.1) is 11.3 Å². The molecule has 0 fully saturated rings. The number of halogens is 1. The standard InChI is InChI=1S/C13H15BrN2O2S2/c1-8-13(19-10(3)15-8)9(2)16-20(17,18)12-6-4-11(14)5-7-12/h4-7,9,16H,1-3H3. The molecule has 1 heterocycles. The van der Waals surface area contributed by atoms with E-state index in [9.17, 15) is 8.42 Å². The Morgan fingerprint density at radius 2 is 1.85 bits per heavy atom. The van der Waals surface area contributed by atoms with Crippen LogP contribution in [0.5, 0.6) is 0 Å². The zero-order valence-electron chi connectivity index (χ0n) is 11.3. The molecule has 1 N–H and O–H groups in total. The number of nitrogens with one attached hydrogen (secondary N) is 1. The van der Waals surface area contributed by atoms with Crippen molar-refractivity contribution in [2.45, 2.75) is 31.7 Å². The molecule has 0 radical (unpaired) electrons. The maximum Gasteiger partial charge on any atom is 0.241 e. The molecule has 0 amide bonds. The zero-order chi connectivity index (χ0) is 14.9. The van der Waals surface area contributed by atoms with E-state index in [1.807, 2.05) is 20.8 Å². The molecule has 2 rings (SSSR count). The van der Waals surface area contributed by atoms with Crippen LogP contribution in [-0.4, -0.2) is 13.4 Å². The summed E-state index contributed by atoms with van der Waals surface area (Å²) in [5, 5.41) is 0.937. The Morgan fingerprint density at radius 1 is 1.25 bits per heavy atom. The minimum atomic E-state index is -3.52. The fraction of sp³-hybridized carbons (Fsp3) is 0.308. The van der Waals surface area contributed by atoms with E-state index in [1.165, 1.54) is 11.3 Å². The van der Waals surface area contributed by atoms with Crippen molar-refractivity contribution < 1.29 is 8.42 Å². The summed E-state index contributed by atoms with van der Waals surface area (Å²) in [5.41, 5.74) is 0.874. The van der Waals surface area contributed by atoms with Crippen LogP contribution in [0.15, 0.2) is 33.6 Å². The Bertz CT molecular complexity index is 708. The lowest BCUT2D eigenvalue weighted by atomic mass is 10.2. The van der Waals surface area contributed by atoms with Crippen LogP contribution < -0.4 is 4.72 Å². The molecule has 1 unspecified atom stereocenters. The topological polar surface area (TPSA) is 59.1 Å². The highest BCUT2D eigenvalue weighted by Crippen LogP contribution is 2.26. The van der Waals surface area contributed by atoms with E-state index in [4.69, 9.17) is 0 Å². The van der Waals surface area contributed by atoms with Crippen LogP contribution in [0.1, 0.15) is 28.5 Å². The maximum absolute atomic E-state index is 12.3. The molecule has 2 aromatic rings. The predicted molar refractivity (Wildman–Crippen MR) is 84.5 cm³/mol. The van der Waals surface area contributed by atoms with Gasteiger partial charge < -0.3 is 0 Å². The average Bonchev–Trinajstić information content (AvgIpc) is 2.68. The van der Waals surface area contributed by atoms with Crippen molar-refractivity contribution in [3.05, 3.63) is 44.3 Å². The third-order valence-corrected chi connectivity index (χ3v) is 6.13. The second-order valence-corrected chi connectivity index (χ2v) is 8.34. The van der Waals surface area contributed by atoms with E-state index in [0.29, 0.717) is 0 Å². The predicted octanol–water partition coefficient (Wildman–Crippen LogP) is 3.56. The molecule has 0 aliphatic rings. The number of nitrogens with zero attached hydrogens (tertiary/aromatic N) is 1. The number of hydrogen-bond donors (Lipinski definition) is 1. The first-order valence-corrected chi connectivity index (χ1v) is 9.10. The summed E-state index contributed by atoms with van der Waals surface area (Å²) in [6.45, 7) is 5.64. The second-order valence-electron chi connectivity index (χ2n) is 4.48. The summed E-state index contributed by atoms with van der Waals surface area (Å²) in [4.78, 5) is 5.53. The van der Waals surface area contributed by atoms with Crippen LogP contribution in [-0.2, 0) is 10.0 Å². The van der Waals surface area contributed by atoms with Crippen molar-refractivity contribution in [3.8, 4) is 0 Å². The van der Waals surface area contributed by atoms with Gasteiger partial charge in [0.1, 0.15) is 0 Å². The van der Waals surface area contributed by atoms with Gasteiger partial charge in [-0.05, 0) is 45.0 Å². The number of sulfonamides is 1. The van der Waals surface area contributed by atoms with Gasteiger partial charge in [-0.3, -0.25) is 0 Å². The van der Waals surface area contributed by atoms with Gasteiger partial charge in [0, 0.05) is 9.35 Å². The minimum absolute atomic E-state index is 0.256. The van der Waals surface area contributed by atoms with Crippen LogP contribution in [0.25, 0.3) is 0 Å². The summed E-state index contributed by atoms with van der Waals surface area (Å²) in [7, 11) is -3.52. The molecular weight excluding hydrogens is 360 g/mol. The summed E-state index contributed by atoms with van der Waals surface area (Å²) < 4.78 is 28.1. The Hall–Kier alpha value is -0.760. The van der Waals surface area contributed by atoms with Crippen LogP contribution >= 0.6 is 27.3 Å². The Labute approximate surface area is 131 Å². The molecule has 108 valence electrons. The van der Waals surface area contributed by atoms with Gasteiger partial charge in [-0.25, -0.2) is 18.1 Å². The number of hydrogen-bond acceptors (Lipinski definition) is 4. The third kappa shape index (κ3) is 3.46. The first kappa shape index (κ1) is 15.6. The van der Waals surface area contributed by atoms with Gasteiger partial charge >= 0.3 is 0 Å². The zero-order valence-corrected chi connectivity index (χ0v) is 14.6. The first-order chi connectivity index (χ1) is 9.29. The maximum atomic E-state index is 12.3. The molecule has 0 bridgehead atoms. The van der Waals surface area contributed by atoms with Crippen LogP contribution in [0.4, 0.5) is 0 Å². The van der Waals surface area contributed by atoms with Crippen molar-refractivity contribution in [2.75, 3.05) is 0 Å². The van der Waals surface area contributed by atoms with Crippen molar-refractivity contribution in [3.63, 3.8) is 0 Å². The second kappa shape index (κ2) is 5.93. The van der Waals surface area contributed by atoms with Gasteiger partial charge in [0.2, 0.25) is 10.0 Å². The number of aromatic nitrogens is 1. The smallest absolute Gasteiger partial charge is 0.241 e. The normalized spacial score (nSPS) is 13.4. The number of benzene rings is 1. The third-order valence-electron chi connectivity index (χ3n) is 2.79. The molecule has 20 heavy (non-hydrogen) atoms. The number of rotatable bonds is 4. The molecular formula is C13H15BrN2O2S2. The van der Waals surface area contributed by atoms with Crippen molar-refractivity contribution in [1.82, 2.24) is 9.71 Å². The summed E-state index contributed by atoms with van der Waals surface area (Å²) in [5.74, 6) is 0. The van der Waals surface area contributed by atoms with Gasteiger partial charge in [0.25, 0.3) is 0 Å². The van der Waals surface area contributed by atoms with E-state index in [1.54, 1.807) is 24.3 Å². The quantitative estimate of drug-likeness (QED) is 0.889. The molecule has 0 saturated carbocycles. The van der Waals surface area contributed by atoms with Crippen LogP contribution in [0.3, 0.4) is 0 Å². The van der Waals surface area contributed by atoms with Gasteiger partial charge in [0.15, 0.2) is 0 Å². The van der Waals surface area contributed by atoms with Gasteiger partial charge in [-0.1, -0.05) is 15.9 Å². The number of thiazole rings is 1. The largest absolute Gasteiger partial charge is 0.247 e. The molecule has 0 saturated heterocycles. The Balaban J connectivity index is 2.24. The molecule has 1 aromatic heterocycles. The van der Waals surface area contributed by atoms with Gasteiger partial charge in [0.05, 0.1) is 21.6 Å². The SMILES string of the molecule is Cc1nc(C)c(C(C)NS(=O)(=O)c2ccc(Br)cc2)s1. The van der Waals surface area contributed by atoms with Gasteiger partial charge in [-0.2, -0.15) is 0 Å². The van der Waals surface area contributed by atoms with E-state index >= 15 is 0 Å². The number of aryl methyl sites for hydroxylation is 2. The monoisotopic (exact) mass is 374 g/mol. The summed E-state index contributed by atoms with van der Waals surface area (Å²) >= 11 is 4.81. The fourth-order valence-corrected chi connectivity index (χ4v) is 4.40. The highest BCUT2D eigenvalue weighted by atomic mass is 79.9. The molecule has 4 nitrogen and oxygen atoms in total. The summed E-state index contributed by atoms with van der Waals surface area (Å²) in [6, 6.07) is 6.27. The fourth-order valence-electron chi connectivity index (χ4n) is 1.92. The van der Waals surface area contributed by atoms with E-state index in [2.05, 4.69) is 25.6 Å². The lowest BCUT2D eigenvalue weighted by Crippen LogP contribution is -2.26. The van der Waals surface area contributed by atoms with E-state index in [0.717, 1.165) is 20.1 Å². The summed E-state index contributed by atoms with van der Waals surface area (Å²) in [6.07, 6.45) is 0. The van der Waals surface area contributed by atoms with E-state index < -0.39 is 10.0 Å². The Kier molecular flexibility index (Phi) is 4.63. The highest BCUT2D eigenvalue weighted by molar-refractivity contribution is 9.10. The molecule has 0 spiro atoms. The highest BCUT2D eigenvalue weighted by Gasteiger charge is 2.21. The average molecular weight is 375 g/mol. The molecule has 1 aromatic carbocycles. The minimum Gasteiger partial charge on any atom is -0.247 e.